The van der Waals surface area contributed by atoms with Crippen molar-refractivity contribution in [3.05, 3.63) is 83.4 Å². The second-order valence-electron chi connectivity index (χ2n) is 6.82. The predicted molar refractivity (Wildman–Crippen MR) is 116 cm³/mol. The normalized spacial score (nSPS) is 11.1. The first-order valence-corrected chi connectivity index (χ1v) is 10.7. The van der Waals surface area contributed by atoms with Gasteiger partial charge in [-0.25, -0.2) is 8.42 Å². The second kappa shape index (κ2) is 8.59. The molecular formula is C23H23NO5S. The topological polar surface area (TPSA) is 72.9 Å². The van der Waals surface area contributed by atoms with E-state index in [2.05, 4.69) is 0 Å². The largest absolute Gasteiger partial charge is 0.497 e. The lowest BCUT2D eigenvalue weighted by Gasteiger charge is -2.23. The van der Waals surface area contributed by atoms with Gasteiger partial charge in [0.15, 0.2) is 0 Å². The Morgan fingerprint density at radius 2 is 1.23 bits per heavy atom. The van der Waals surface area contributed by atoms with Crippen molar-refractivity contribution in [2.45, 2.75) is 18.7 Å². The van der Waals surface area contributed by atoms with Crippen LogP contribution in [0.25, 0.3) is 0 Å². The number of hydrogen-bond donors (Lipinski definition) is 0. The number of carbonyl (C=O) groups is 1. The molecule has 0 aromatic heterocycles. The van der Waals surface area contributed by atoms with E-state index in [-0.39, 0.29) is 16.1 Å². The van der Waals surface area contributed by atoms with Crippen LogP contribution >= 0.6 is 0 Å². The average Bonchev–Trinajstić information content (AvgIpc) is 2.75. The first-order chi connectivity index (χ1) is 14.3. The summed E-state index contributed by atoms with van der Waals surface area (Å²) in [7, 11) is -1.24. The van der Waals surface area contributed by atoms with Crippen LogP contribution in [-0.4, -0.2) is 28.5 Å². The number of methoxy groups -OCH3 is 2. The Kier molecular flexibility index (Phi) is 6.12. The van der Waals surface area contributed by atoms with E-state index >= 15 is 0 Å². The van der Waals surface area contributed by atoms with Crippen LogP contribution in [0.5, 0.6) is 11.5 Å². The lowest BCUT2D eigenvalue weighted by atomic mass is 10.1. The Labute approximate surface area is 176 Å². The number of hydrogen-bond acceptors (Lipinski definition) is 5. The Morgan fingerprint density at radius 3 is 1.70 bits per heavy atom. The summed E-state index contributed by atoms with van der Waals surface area (Å²) < 4.78 is 38.3. The number of benzene rings is 3. The minimum absolute atomic E-state index is 0.0249. The lowest BCUT2D eigenvalue weighted by molar-refractivity contribution is 0.100. The van der Waals surface area contributed by atoms with E-state index in [1.54, 1.807) is 42.5 Å². The molecule has 0 saturated heterocycles. The van der Waals surface area contributed by atoms with Crippen molar-refractivity contribution in [1.82, 2.24) is 0 Å². The van der Waals surface area contributed by atoms with Crippen molar-refractivity contribution in [3.63, 3.8) is 0 Å². The molecule has 1 amide bonds. The number of carbonyl (C=O) groups excluding carboxylic acids is 1. The molecule has 0 heterocycles. The molecule has 156 valence electrons. The molecule has 0 bridgehead atoms. The summed E-state index contributed by atoms with van der Waals surface area (Å²) in [5.41, 5.74) is 2.23. The number of aryl methyl sites for hydroxylation is 2. The van der Waals surface area contributed by atoms with Crippen molar-refractivity contribution >= 4 is 21.6 Å². The third-order valence-corrected chi connectivity index (χ3v) is 6.34. The van der Waals surface area contributed by atoms with E-state index in [1.807, 2.05) is 13.8 Å². The molecule has 3 aromatic rings. The van der Waals surface area contributed by atoms with Gasteiger partial charge < -0.3 is 9.47 Å². The molecule has 0 N–H and O–H groups in total. The zero-order chi connectivity index (χ0) is 21.9. The molecule has 30 heavy (non-hydrogen) atoms. The number of sulfonamides is 1. The molecule has 0 aliphatic carbocycles. The molecule has 0 radical (unpaired) electrons. The van der Waals surface area contributed by atoms with Crippen molar-refractivity contribution in [2.24, 2.45) is 0 Å². The summed E-state index contributed by atoms with van der Waals surface area (Å²) in [5, 5.41) is 0. The summed E-state index contributed by atoms with van der Waals surface area (Å²) >= 11 is 0. The maximum Gasteiger partial charge on any atom is 0.272 e. The van der Waals surface area contributed by atoms with Gasteiger partial charge in [0.05, 0.1) is 24.8 Å². The minimum Gasteiger partial charge on any atom is -0.497 e. The van der Waals surface area contributed by atoms with Crippen molar-refractivity contribution in [2.75, 3.05) is 18.5 Å². The summed E-state index contributed by atoms with van der Waals surface area (Å²) in [4.78, 5) is 13.5. The highest BCUT2D eigenvalue weighted by molar-refractivity contribution is 7.93. The second-order valence-corrected chi connectivity index (χ2v) is 8.61. The third-order valence-electron chi connectivity index (χ3n) is 4.61. The summed E-state index contributed by atoms with van der Waals surface area (Å²) in [6.07, 6.45) is 0. The summed E-state index contributed by atoms with van der Waals surface area (Å²) in [6, 6.07) is 17.7. The zero-order valence-corrected chi connectivity index (χ0v) is 18.1. The molecule has 7 heteroatoms. The number of rotatable bonds is 6. The van der Waals surface area contributed by atoms with Crippen molar-refractivity contribution in [3.8, 4) is 11.5 Å². The van der Waals surface area contributed by atoms with Crippen LogP contribution in [0, 0.1) is 13.8 Å². The fraction of sp³-hybridized carbons (Fsp3) is 0.174. The van der Waals surface area contributed by atoms with Gasteiger partial charge in [0.2, 0.25) is 0 Å². The minimum atomic E-state index is -4.17. The Morgan fingerprint density at radius 1 is 0.767 bits per heavy atom. The molecule has 6 nitrogen and oxygen atoms in total. The van der Waals surface area contributed by atoms with Gasteiger partial charge in [-0.05, 0) is 50.2 Å². The molecule has 0 fully saturated rings. The molecule has 0 aliphatic heterocycles. The van der Waals surface area contributed by atoms with Gasteiger partial charge in [0.25, 0.3) is 15.9 Å². The van der Waals surface area contributed by atoms with E-state index in [0.717, 1.165) is 15.4 Å². The monoisotopic (exact) mass is 425 g/mol. The Bertz CT molecular complexity index is 1130. The first kappa shape index (κ1) is 21.4. The quantitative estimate of drug-likeness (QED) is 0.587. The maximum atomic E-state index is 13.5. The van der Waals surface area contributed by atoms with E-state index < -0.39 is 15.9 Å². The molecule has 3 aromatic carbocycles. The van der Waals surface area contributed by atoms with Crippen LogP contribution < -0.4 is 13.8 Å². The van der Waals surface area contributed by atoms with E-state index in [1.165, 1.54) is 38.5 Å². The molecule has 0 atom stereocenters. The maximum absolute atomic E-state index is 13.5. The highest BCUT2D eigenvalue weighted by Gasteiger charge is 2.32. The predicted octanol–water partition coefficient (Wildman–Crippen LogP) is 4.36. The van der Waals surface area contributed by atoms with E-state index in [4.69, 9.17) is 9.47 Å². The number of amides is 1. The fourth-order valence-corrected chi connectivity index (χ4v) is 4.32. The third kappa shape index (κ3) is 4.31. The van der Waals surface area contributed by atoms with Crippen LogP contribution in [0.3, 0.4) is 0 Å². The first-order valence-electron chi connectivity index (χ1n) is 9.22. The molecule has 0 unspecified atom stereocenters. The smallest absolute Gasteiger partial charge is 0.272 e. The van der Waals surface area contributed by atoms with Gasteiger partial charge >= 0.3 is 0 Å². The summed E-state index contributed by atoms with van der Waals surface area (Å²) in [5.74, 6) is 0.0557. The van der Waals surface area contributed by atoms with Gasteiger partial charge in [-0.2, -0.15) is 4.31 Å². The molecule has 0 aliphatic rings. The van der Waals surface area contributed by atoms with Crippen molar-refractivity contribution in [1.29, 1.82) is 0 Å². The molecule has 0 saturated carbocycles. The highest BCUT2D eigenvalue weighted by atomic mass is 32.2. The standard InChI is InChI=1S/C23H23NO5S/c1-16-5-9-19(10-6-16)24(30(26,27)22-11-7-17(2)8-12-22)23(25)18-13-20(28-3)15-21(14-18)29-4/h5-15H,1-4H3. The van der Waals surface area contributed by atoms with E-state index in [0.29, 0.717) is 11.5 Å². The molecular weight excluding hydrogens is 402 g/mol. The van der Waals surface area contributed by atoms with Crippen LogP contribution in [0.15, 0.2) is 71.6 Å². The molecule has 0 spiro atoms. The van der Waals surface area contributed by atoms with Crippen molar-refractivity contribution < 1.29 is 22.7 Å². The zero-order valence-electron chi connectivity index (χ0n) is 17.2. The van der Waals surface area contributed by atoms with Gasteiger partial charge in [0.1, 0.15) is 11.5 Å². The van der Waals surface area contributed by atoms with Crippen LogP contribution in [-0.2, 0) is 10.0 Å². The average molecular weight is 426 g/mol. The highest BCUT2D eigenvalue weighted by Crippen LogP contribution is 2.29. The number of anilines is 1. The van der Waals surface area contributed by atoms with Gasteiger partial charge in [0, 0.05) is 11.6 Å². The fourth-order valence-electron chi connectivity index (χ4n) is 2.91. The lowest BCUT2D eigenvalue weighted by Crippen LogP contribution is -2.37. The van der Waals surface area contributed by atoms with Gasteiger partial charge in [-0.3, -0.25) is 4.79 Å². The SMILES string of the molecule is COc1cc(OC)cc(C(=O)N(c2ccc(C)cc2)S(=O)(=O)c2ccc(C)cc2)c1. The number of ether oxygens (including phenoxy) is 2. The Hall–Kier alpha value is -3.32. The van der Waals surface area contributed by atoms with Gasteiger partial charge in [-0.1, -0.05) is 35.4 Å². The Balaban J connectivity index is 2.18. The summed E-state index contributed by atoms with van der Waals surface area (Å²) in [6.45, 7) is 3.75. The van der Waals surface area contributed by atoms with Gasteiger partial charge in [-0.15, -0.1) is 0 Å². The number of nitrogens with zero attached hydrogens (tertiary/aromatic N) is 1. The van der Waals surface area contributed by atoms with Crippen LogP contribution in [0.4, 0.5) is 5.69 Å². The molecule has 3 rings (SSSR count). The van der Waals surface area contributed by atoms with Crippen LogP contribution in [0.2, 0.25) is 0 Å². The van der Waals surface area contributed by atoms with Crippen LogP contribution in [0.1, 0.15) is 21.5 Å². The van der Waals surface area contributed by atoms with E-state index in [9.17, 15) is 13.2 Å².